The van der Waals surface area contributed by atoms with Crippen molar-refractivity contribution >= 4 is 26.6 Å². The van der Waals surface area contributed by atoms with Crippen LogP contribution in [0, 0.1) is 0 Å². The first-order chi connectivity index (χ1) is 15.0. The number of hydrogen-bond donors (Lipinski definition) is 0. The highest BCUT2D eigenvalue weighted by Crippen LogP contribution is 2.24. The van der Waals surface area contributed by atoms with Gasteiger partial charge in [-0.1, -0.05) is 48.5 Å². The Morgan fingerprint density at radius 3 is 2.35 bits per heavy atom. The van der Waals surface area contributed by atoms with Crippen molar-refractivity contribution in [2.45, 2.75) is 19.0 Å². The van der Waals surface area contributed by atoms with Crippen LogP contribution >= 0.6 is 0 Å². The van der Waals surface area contributed by atoms with Crippen LogP contribution in [0.3, 0.4) is 0 Å². The number of aromatic nitrogens is 1. The number of para-hydroxylation sites is 1. The normalized spacial score (nSPS) is 21.5. The lowest BCUT2D eigenvalue weighted by Crippen LogP contribution is -2.52. The lowest BCUT2D eigenvalue weighted by Gasteiger charge is -2.37. The van der Waals surface area contributed by atoms with Crippen LogP contribution in [0.15, 0.2) is 60.7 Å². The molecular weight excluding hydrogens is 410 g/mol. The molecule has 5 rings (SSSR count). The molecule has 2 saturated heterocycles. The van der Waals surface area contributed by atoms with Crippen molar-refractivity contribution in [2.75, 3.05) is 37.7 Å². The Bertz CT molecular complexity index is 1200. The Kier molecular flexibility index (Phi) is 5.32. The molecule has 2 aliphatic rings. The second-order valence-electron chi connectivity index (χ2n) is 8.55. The van der Waals surface area contributed by atoms with Gasteiger partial charge in [-0.15, -0.1) is 0 Å². The second-order valence-corrected chi connectivity index (χ2v) is 10.8. The van der Waals surface area contributed by atoms with Crippen LogP contribution in [0.25, 0.3) is 10.9 Å². The van der Waals surface area contributed by atoms with E-state index < -0.39 is 9.84 Å². The van der Waals surface area contributed by atoms with Crippen molar-refractivity contribution in [3.05, 3.63) is 71.9 Å². The van der Waals surface area contributed by atoms with E-state index in [1.54, 1.807) is 0 Å². The molecule has 31 heavy (non-hydrogen) atoms. The predicted octanol–water partition coefficient (Wildman–Crippen LogP) is 2.63. The molecule has 3 heterocycles. The van der Waals surface area contributed by atoms with Gasteiger partial charge in [0.05, 0.1) is 11.5 Å². The fourth-order valence-electron chi connectivity index (χ4n) is 4.84. The topological polar surface area (TPSA) is 62.6 Å². The quantitative estimate of drug-likeness (QED) is 0.630. The van der Waals surface area contributed by atoms with Crippen LogP contribution in [-0.4, -0.2) is 72.4 Å². The van der Waals surface area contributed by atoms with Gasteiger partial charge in [0.15, 0.2) is 9.84 Å². The Labute approximate surface area is 183 Å². The number of amides is 1. The first kappa shape index (κ1) is 20.3. The summed E-state index contributed by atoms with van der Waals surface area (Å²) in [5, 5.41) is 1.07. The summed E-state index contributed by atoms with van der Waals surface area (Å²) in [4.78, 5) is 17.7. The van der Waals surface area contributed by atoms with Gasteiger partial charge >= 0.3 is 0 Å². The van der Waals surface area contributed by atoms with E-state index in [0.29, 0.717) is 31.7 Å². The van der Waals surface area contributed by atoms with Crippen LogP contribution in [0.2, 0.25) is 0 Å². The van der Waals surface area contributed by atoms with Gasteiger partial charge in [-0.2, -0.15) is 0 Å². The van der Waals surface area contributed by atoms with Gasteiger partial charge in [-0.3, -0.25) is 9.69 Å². The highest BCUT2D eigenvalue weighted by Gasteiger charge is 2.34. The summed E-state index contributed by atoms with van der Waals surface area (Å²) in [6.07, 6.45) is 0.710. The first-order valence-electron chi connectivity index (χ1n) is 10.9. The number of fused-ring (bicyclic) bond motifs is 1. The molecule has 1 unspecified atom stereocenters. The molecule has 7 heteroatoms. The van der Waals surface area contributed by atoms with Gasteiger partial charge in [0.25, 0.3) is 5.91 Å². The maximum Gasteiger partial charge on any atom is 0.270 e. The molecule has 2 aliphatic heterocycles. The van der Waals surface area contributed by atoms with Crippen molar-refractivity contribution < 1.29 is 13.2 Å². The van der Waals surface area contributed by atoms with Gasteiger partial charge < -0.3 is 9.47 Å². The summed E-state index contributed by atoms with van der Waals surface area (Å²) in [6.45, 7) is 3.36. The summed E-state index contributed by atoms with van der Waals surface area (Å²) in [6, 6.07) is 20.4. The zero-order chi connectivity index (χ0) is 21.4. The Balaban J connectivity index is 1.36. The molecule has 2 aromatic carbocycles. The molecule has 1 amide bonds. The highest BCUT2D eigenvalue weighted by molar-refractivity contribution is 7.91. The maximum atomic E-state index is 13.5. The SMILES string of the molecule is O=C(c1cc2ccccc2n1Cc1ccccc1)N1CCN(C2CCS(=O)(=O)C2)CC1. The van der Waals surface area contributed by atoms with Gasteiger partial charge in [0, 0.05) is 49.7 Å². The number of hydrogen-bond acceptors (Lipinski definition) is 4. The molecule has 0 spiro atoms. The van der Waals surface area contributed by atoms with Crippen molar-refractivity contribution in [3.8, 4) is 0 Å². The molecule has 3 aromatic rings. The van der Waals surface area contributed by atoms with E-state index in [9.17, 15) is 13.2 Å². The summed E-state index contributed by atoms with van der Waals surface area (Å²) < 4.78 is 25.8. The minimum atomic E-state index is -2.89. The molecule has 1 aromatic heterocycles. The molecule has 0 aliphatic carbocycles. The van der Waals surface area contributed by atoms with Crippen molar-refractivity contribution in [3.63, 3.8) is 0 Å². The third-order valence-electron chi connectivity index (χ3n) is 6.54. The zero-order valence-corrected chi connectivity index (χ0v) is 18.3. The highest BCUT2D eigenvalue weighted by atomic mass is 32.2. The number of nitrogens with zero attached hydrogens (tertiary/aromatic N) is 3. The summed E-state index contributed by atoms with van der Waals surface area (Å²) in [5.41, 5.74) is 2.93. The average molecular weight is 438 g/mol. The molecule has 1 atom stereocenters. The molecule has 0 radical (unpaired) electrons. The van der Waals surface area contributed by atoms with Crippen molar-refractivity contribution in [2.24, 2.45) is 0 Å². The third kappa shape index (κ3) is 4.12. The van der Waals surface area contributed by atoms with Crippen LogP contribution in [-0.2, 0) is 16.4 Å². The monoisotopic (exact) mass is 437 g/mol. The van der Waals surface area contributed by atoms with E-state index in [1.807, 2.05) is 47.4 Å². The number of carbonyl (C=O) groups excluding carboxylic acids is 1. The molecular formula is C24H27N3O3S. The van der Waals surface area contributed by atoms with Crippen LogP contribution in [0.4, 0.5) is 0 Å². The third-order valence-corrected chi connectivity index (χ3v) is 8.29. The summed E-state index contributed by atoms with van der Waals surface area (Å²) in [5.74, 6) is 0.591. The summed E-state index contributed by atoms with van der Waals surface area (Å²) in [7, 11) is -2.89. The lowest BCUT2D eigenvalue weighted by molar-refractivity contribution is 0.0578. The molecule has 2 fully saturated rings. The maximum absolute atomic E-state index is 13.5. The molecule has 162 valence electrons. The fraction of sp³-hybridized carbons (Fsp3) is 0.375. The number of rotatable bonds is 4. The number of carbonyl (C=O) groups is 1. The standard InChI is InChI=1S/C24H27N3O3S/c28-24(26-13-11-25(12-14-26)21-10-15-31(29,30)18-21)23-16-20-8-4-5-9-22(20)27(23)17-19-6-2-1-3-7-19/h1-9,16,21H,10-15,17-18H2. The van der Waals surface area contributed by atoms with Gasteiger partial charge in [-0.25, -0.2) is 8.42 Å². The molecule has 0 N–H and O–H groups in total. The fourth-order valence-corrected chi connectivity index (χ4v) is 6.60. The number of benzene rings is 2. The van der Waals surface area contributed by atoms with E-state index >= 15 is 0 Å². The van der Waals surface area contributed by atoms with E-state index in [2.05, 4.69) is 27.7 Å². The second kappa shape index (κ2) is 8.13. The van der Waals surface area contributed by atoms with Crippen LogP contribution in [0.5, 0.6) is 0 Å². The largest absolute Gasteiger partial charge is 0.335 e. The zero-order valence-electron chi connectivity index (χ0n) is 17.5. The Morgan fingerprint density at radius 2 is 1.65 bits per heavy atom. The molecule has 6 nitrogen and oxygen atoms in total. The van der Waals surface area contributed by atoms with E-state index in [0.717, 1.165) is 29.6 Å². The van der Waals surface area contributed by atoms with Gasteiger partial charge in [0.1, 0.15) is 5.69 Å². The Morgan fingerprint density at radius 1 is 0.935 bits per heavy atom. The molecule has 0 saturated carbocycles. The number of piperazine rings is 1. The van der Waals surface area contributed by atoms with E-state index in [-0.39, 0.29) is 23.5 Å². The first-order valence-corrected chi connectivity index (χ1v) is 12.7. The average Bonchev–Trinajstić information content (AvgIpc) is 3.34. The van der Waals surface area contributed by atoms with Crippen LogP contribution in [0.1, 0.15) is 22.5 Å². The lowest BCUT2D eigenvalue weighted by atomic mass is 10.2. The minimum absolute atomic E-state index is 0.0471. The van der Waals surface area contributed by atoms with Crippen LogP contribution < -0.4 is 0 Å². The smallest absolute Gasteiger partial charge is 0.270 e. The van der Waals surface area contributed by atoms with E-state index in [1.165, 1.54) is 0 Å². The van der Waals surface area contributed by atoms with Crippen molar-refractivity contribution in [1.82, 2.24) is 14.4 Å². The predicted molar refractivity (Wildman–Crippen MR) is 122 cm³/mol. The van der Waals surface area contributed by atoms with E-state index in [4.69, 9.17) is 0 Å². The van der Waals surface area contributed by atoms with Crippen molar-refractivity contribution in [1.29, 1.82) is 0 Å². The Hall–Kier alpha value is -2.64. The number of sulfone groups is 1. The minimum Gasteiger partial charge on any atom is -0.335 e. The summed E-state index contributed by atoms with van der Waals surface area (Å²) >= 11 is 0. The van der Waals surface area contributed by atoms with Gasteiger partial charge in [-0.05, 0) is 24.1 Å². The van der Waals surface area contributed by atoms with Gasteiger partial charge in [0.2, 0.25) is 0 Å². The molecule has 0 bridgehead atoms.